The van der Waals surface area contributed by atoms with Crippen molar-refractivity contribution in [3.05, 3.63) is 29.7 Å². The summed E-state index contributed by atoms with van der Waals surface area (Å²) in [6.07, 6.45) is 3.45. The van der Waals surface area contributed by atoms with Crippen molar-refractivity contribution < 1.29 is 14.3 Å². The molecule has 1 N–H and O–H groups in total. The zero-order valence-corrected chi connectivity index (χ0v) is 12.5. The van der Waals surface area contributed by atoms with Crippen LogP contribution < -0.4 is 0 Å². The van der Waals surface area contributed by atoms with Crippen LogP contribution in [0.2, 0.25) is 0 Å². The van der Waals surface area contributed by atoms with Gasteiger partial charge < -0.3 is 14.1 Å². The fraction of sp³-hybridized carbons (Fsp3) is 0.462. The van der Waals surface area contributed by atoms with Gasteiger partial charge in [0.1, 0.15) is 12.3 Å². The van der Waals surface area contributed by atoms with Gasteiger partial charge in [0.2, 0.25) is 5.89 Å². The van der Waals surface area contributed by atoms with Gasteiger partial charge in [0.05, 0.1) is 11.9 Å². The minimum absolute atomic E-state index is 0.0147. The van der Waals surface area contributed by atoms with Crippen LogP contribution in [0.3, 0.4) is 0 Å². The van der Waals surface area contributed by atoms with Gasteiger partial charge in [0.25, 0.3) is 0 Å². The number of hydrogen-bond donors (Lipinski definition) is 1. The van der Waals surface area contributed by atoms with Crippen molar-refractivity contribution in [1.82, 2.24) is 14.5 Å². The molecular formula is C13H17N3O3S. The molecule has 20 heavy (non-hydrogen) atoms. The molecule has 7 heteroatoms. The molecule has 0 saturated carbocycles. The summed E-state index contributed by atoms with van der Waals surface area (Å²) < 4.78 is 7.45. The Morgan fingerprint density at radius 3 is 2.75 bits per heavy atom. The predicted octanol–water partition coefficient (Wildman–Crippen LogP) is 2.53. The summed E-state index contributed by atoms with van der Waals surface area (Å²) in [6.45, 7) is 6.44. The van der Waals surface area contributed by atoms with Crippen LogP contribution in [0.15, 0.2) is 22.0 Å². The van der Waals surface area contributed by atoms with E-state index in [1.165, 1.54) is 11.8 Å². The SMILES string of the molecule is Cc1cnc(Cn2c(C(C)C)cnc2SCC(=O)O)o1. The molecule has 0 aliphatic heterocycles. The number of rotatable bonds is 6. The minimum atomic E-state index is -0.859. The van der Waals surface area contributed by atoms with Gasteiger partial charge in [-0.1, -0.05) is 25.6 Å². The molecule has 6 nitrogen and oxygen atoms in total. The van der Waals surface area contributed by atoms with Gasteiger partial charge in [-0.3, -0.25) is 4.79 Å². The quantitative estimate of drug-likeness (QED) is 0.825. The maximum absolute atomic E-state index is 10.7. The zero-order valence-electron chi connectivity index (χ0n) is 11.7. The second-order valence-corrected chi connectivity index (χ2v) is 5.70. The van der Waals surface area contributed by atoms with Crippen molar-refractivity contribution in [3.8, 4) is 0 Å². The minimum Gasteiger partial charge on any atom is -0.481 e. The normalized spacial score (nSPS) is 11.2. The Morgan fingerprint density at radius 2 is 2.20 bits per heavy atom. The van der Waals surface area contributed by atoms with E-state index in [4.69, 9.17) is 9.52 Å². The summed E-state index contributed by atoms with van der Waals surface area (Å²) >= 11 is 1.20. The molecule has 0 aliphatic carbocycles. The summed E-state index contributed by atoms with van der Waals surface area (Å²) in [7, 11) is 0. The van der Waals surface area contributed by atoms with E-state index in [1.54, 1.807) is 12.4 Å². The lowest BCUT2D eigenvalue weighted by atomic mass is 10.1. The van der Waals surface area contributed by atoms with E-state index in [0.29, 0.717) is 17.6 Å². The Bertz CT molecular complexity index is 604. The van der Waals surface area contributed by atoms with Crippen molar-refractivity contribution in [2.75, 3.05) is 5.75 Å². The van der Waals surface area contributed by atoms with Crippen LogP contribution in [0.5, 0.6) is 0 Å². The number of carbonyl (C=O) groups is 1. The Labute approximate surface area is 121 Å². The molecule has 2 rings (SSSR count). The van der Waals surface area contributed by atoms with E-state index in [2.05, 4.69) is 23.8 Å². The van der Waals surface area contributed by atoms with Crippen LogP contribution in [0.1, 0.15) is 37.1 Å². The molecule has 0 atom stereocenters. The molecule has 0 radical (unpaired) electrons. The lowest BCUT2D eigenvalue weighted by Crippen LogP contribution is -2.08. The highest BCUT2D eigenvalue weighted by atomic mass is 32.2. The average Bonchev–Trinajstić information content (AvgIpc) is 2.94. The lowest BCUT2D eigenvalue weighted by Gasteiger charge is -2.11. The Kier molecular flexibility index (Phi) is 4.49. The summed E-state index contributed by atoms with van der Waals surface area (Å²) in [6, 6.07) is 0. The van der Waals surface area contributed by atoms with E-state index < -0.39 is 5.97 Å². The van der Waals surface area contributed by atoms with E-state index in [-0.39, 0.29) is 11.7 Å². The highest BCUT2D eigenvalue weighted by Gasteiger charge is 2.16. The standard InChI is InChI=1S/C13H17N3O3S/c1-8(2)10-5-15-13(20-7-12(17)18)16(10)6-11-14-4-9(3)19-11/h4-5,8H,6-7H2,1-3H3,(H,17,18). The van der Waals surface area contributed by atoms with Gasteiger partial charge >= 0.3 is 5.97 Å². The van der Waals surface area contributed by atoms with Crippen molar-refractivity contribution in [1.29, 1.82) is 0 Å². The molecule has 108 valence electrons. The van der Waals surface area contributed by atoms with Gasteiger partial charge in [-0.05, 0) is 12.8 Å². The van der Waals surface area contributed by atoms with Gasteiger partial charge in [-0.15, -0.1) is 0 Å². The molecule has 0 aliphatic rings. The highest BCUT2D eigenvalue weighted by Crippen LogP contribution is 2.24. The molecule has 0 saturated heterocycles. The summed E-state index contributed by atoms with van der Waals surface area (Å²) in [5, 5.41) is 9.46. The first-order valence-electron chi connectivity index (χ1n) is 6.28. The van der Waals surface area contributed by atoms with Gasteiger partial charge in [-0.25, -0.2) is 9.97 Å². The molecule has 0 spiro atoms. The molecule has 0 bridgehead atoms. The maximum Gasteiger partial charge on any atom is 0.313 e. The fourth-order valence-corrected chi connectivity index (χ4v) is 2.55. The number of aliphatic carboxylic acids is 1. The average molecular weight is 295 g/mol. The molecule has 0 amide bonds. The molecular weight excluding hydrogens is 278 g/mol. The molecule has 0 fully saturated rings. The fourth-order valence-electron chi connectivity index (χ4n) is 1.84. The van der Waals surface area contributed by atoms with Crippen molar-refractivity contribution in [2.45, 2.75) is 38.4 Å². The van der Waals surface area contributed by atoms with Crippen LogP contribution in [0.4, 0.5) is 0 Å². The number of thioether (sulfide) groups is 1. The monoisotopic (exact) mass is 295 g/mol. The molecule has 2 aromatic heterocycles. The number of imidazole rings is 1. The number of aromatic nitrogens is 3. The van der Waals surface area contributed by atoms with Gasteiger partial charge in [-0.2, -0.15) is 0 Å². The summed E-state index contributed by atoms with van der Waals surface area (Å²) in [4.78, 5) is 19.2. The number of carboxylic acid groups (broad SMARTS) is 1. The largest absolute Gasteiger partial charge is 0.481 e. The van der Waals surface area contributed by atoms with E-state index >= 15 is 0 Å². The Morgan fingerprint density at radius 1 is 1.45 bits per heavy atom. The number of oxazole rings is 1. The highest BCUT2D eigenvalue weighted by molar-refractivity contribution is 7.99. The maximum atomic E-state index is 10.7. The van der Waals surface area contributed by atoms with Gasteiger partial charge in [0, 0.05) is 11.9 Å². The number of aryl methyl sites for hydroxylation is 1. The van der Waals surface area contributed by atoms with E-state index in [1.807, 2.05) is 11.5 Å². The van der Waals surface area contributed by atoms with E-state index in [9.17, 15) is 4.79 Å². The van der Waals surface area contributed by atoms with Crippen LogP contribution in [0.25, 0.3) is 0 Å². The third-order valence-electron chi connectivity index (χ3n) is 2.73. The van der Waals surface area contributed by atoms with Crippen LogP contribution in [-0.4, -0.2) is 31.4 Å². The second-order valence-electron chi connectivity index (χ2n) is 4.75. The second kappa shape index (κ2) is 6.13. The Balaban J connectivity index is 2.26. The van der Waals surface area contributed by atoms with Crippen molar-refractivity contribution in [2.24, 2.45) is 0 Å². The first-order valence-corrected chi connectivity index (χ1v) is 7.27. The first kappa shape index (κ1) is 14.6. The first-order chi connectivity index (χ1) is 9.47. The predicted molar refractivity (Wildman–Crippen MR) is 75.0 cm³/mol. The van der Waals surface area contributed by atoms with Crippen LogP contribution in [-0.2, 0) is 11.3 Å². The Hall–Kier alpha value is -1.76. The molecule has 2 heterocycles. The number of carboxylic acids is 1. The molecule has 0 aromatic carbocycles. The van der Waals surface area contributed by atoms with Crippen molar-refractivity contribution in [3.63, 3.8) is 0 Å². The van der Waals surface area contributed by atoms with E-state index in [0.717, 1.165) is 11.5 Å². The smallest absolute Gasteiger partial charge is 0.313 e. The van der Waals surface area contributed by atoms with Gasteiger partial charge in [0.15, 0.2) is 5.16 Å². The third kappa shape index (κ3) is 3.41. The van der Waals surface area contributed by atoms with Crippen molar-refractivity contribution >= 4 is 17.7 Å². The molecule has 0 unspecified atom stereocenters. The summed E-state index contributed by atoms with van der Waals surface area (Å²) in [5.41, 5.74) is 1.04. The van der Waals surface area contributed by atoms with Crippen LogP contribution in [0, 0.1) is 6.92 Å². The zero-order chi connectivity index (χ0) is 14.7. The molecule has 2 aromatic rings. The summed E-state index contributed by atoms with van der Waals surface area (Å²) in [5.74, 6) is 0.768. The topological polar surface area (TPSA) is 81.2 Å². The van der Waals surface area contributed by atoms with Crippen LogP contribution >= 0.6 is 11.8 Å². The third-order valence-corrected chi connectivity index (χ3v) is 3.70. The lowest BCUT2D eigenvalue weighted by molar-refractivity contribution is -0.133. The number of nitrogens with zero attached hydrogens (tertiary/aromatic N) is 3. The number of hydrogen-bond acceptors (Lipinski definition) is 5.